The van der Waals surface area contributed by atoms with Crippen molar-refractivity contribution in [3.63, 3.8) is 0 Å². The number of morpholine rings is 1. The minimum atomic E-state index is -0.468. The number of hydrogen-bond donors (Lipinski definition) is 2. The molecule has 5 rings (SSSR count). The van der Waals surface area contributed by atoms with E-state index in [1.807, 2.05) is 37.5 Å². The predicted octanol–water partition coefficient (Wildman–Crippen LogP) is 3.84. The molecule has 1 aliphatic heterocycles. The molecule has 0 saturated carbocycles. The van der Waals surface area contributed by atoms with Gasteiger partial charge in [-0.2, -0.15) is 4.39 Å². The zero-order chi connectivity index (χ0) is 21.9. The molecule has 0 aliphatic carbocycles. The summed E-state index contributed by atoms with van der Waals surface area (Å²) in [6.07, 6.45) is 5.95. The first-order valence-corrected chi connectivity index (χ1v) is 10.8. The first kappa shape index (κ1) is 20.4. The summed E-state index contributed by atoms with van der Waals surface area (Å²) >= 11 is 0. The quantitative estimate of drug-likeness (QED) is 0.451. The molecule has 0 radical (unpaired) electrons. The molecule has 4 aromatic rings. The number of aromatic nitrogens is 4. The van der Waals surface area contributed by atoms with Crippen LogP contribution >= 0.6 is 0 Å². The predicted molar refractivity (Wildman–Crippen MR) is 122 cm³/mol. The Bertz CT molecular complexity index is 1230. The van der Waals surface area contributed by atoms with Crippen molar-refractivity contribution in [2.75, 3.05) is 36.5 Å². The highest BCUT2D eigenvalue weighted by molar-refractivity contribution is 5.80. The van der Waals surface area contributed by atoms with Crippen LogP contribution < -0.4 is 10.2 Å². The average Bonchev–Trinajstić information content (AvgIpc) is 3.22. The summed E-state index contributed by atoms with van der Waals surface area (Å²) in [6.45, 7) is 5.54. The van der Waals surface area contributed by atoms with Crippen LogP contribution in [0.15, 0.2) is 48.9 Å². The van der Waals surface area contributed by atoms with Gasteiger partial charge in [-0.05, 0) is 36.2 Å². The molecule has 0 spiro atoms. The molecule has 7 nitrogen and oxygen atoms in total. The molecule has 1 fully saturated rings. The number of nitrogens with zero attached hydrogens (tertiary/aromatic N) is 4. The summed E-state index contributed by atoms with van der Waals surface area (Å²) in [4.78, 5) is 18.5. The zero-order valence-corrected chi connectivity index (χ0v) is 17.9. The van der Waals surface area contributed by atoms with Crippen molar-refractivity contribution in [1.29, 1.82) is 0 Å². The lowest BCUT2D eigenvalue weighted by molar-refractivity contribution is 0.122. The van der Waals surface area contributed by atoms with Crippen molar-refractivity contribution in [1.82, 2.24) is 19.9 Å². The smallest absolute Gasteiger partial charge is 0.218 e. The molecule has 0 amide bonds. The van der Waals surface area contributed by atoms with Crippen molar-refractivity contribution in [3.8, 4) is 0 Å². The third-order valence-electron chi connectivity index (χ3n) is 5.70. The Kier molecular flexibility index (Phi) is 5.68. The maximum absolute atomic E-state index is 14.8. The second-order valence-corrected chi connectivity index (χ2v) is 7.99. The molecule has 1 aliphatic rings. The van der Waals surface area contributed by atoms with E-state index in [-0.39, 0.29) is 0 Å². The first-order chi connectivity index (χ1) is 15.7. The van der Waals surface area contributed by atoms with Gasteiger partial charge in [-0.3, -0.25) is 0 Å². The minimum Gasteiger partial charge on any atom is -0.378 e. The van der Waals surface area contributed by atoms with Crippen LogP contribution in [0.3, 0.4) is 0 Å². The third-order valence-corrected chi connectivity index (χ3v) is 5.70. The fourth-order valence-electron chi connectivity index (χ4n) is 4.02. The molecule has 1 saturated heterocycles. The maximum Gasteiger partial charge on any atom is 0.218 e. The second-order valence-electron chi connectivity index (χ2n) is 7.99. The van der Waals surface area contributed by atoms with E-state index in [1.165, 1.54) is 0 Å². The molecule has 32 heavy (non-hydrogen) atoms. The lowest BCUT2D eigenvalue weighted by Crippen LogP contribution is -2.37. The van der Waals surface area contributed by atoms with Gasteiger partial charge in [-0.15, -0.1) is 0 Å². The summed E-state index contributed by atoms with van der Waals surface area (Å²) in [5.74, 6) is 0.965. The third kappa shape index (κ3) is 4.27. The van der Waals surface area contributed by atoms with E-state index < -0.39 is 5.95 Å². The summed E-state index contributed by atoms with van der Waals surface area (Å²) in [5.41, 5.74) is 4.48. The minimum absolute atomic E-state index is 0.452. The van der Waals surface area contributed by atoms with Crippen LogP contribution in [-0.4, -0.2) is 46.2 Å². The van der Waals surface area contributed by atoms with E-state index >= 15 is 0 Å². The second kappa shape index (κ2) is 8.92. The van der Waals surface area contributed by atoms with Crippen LogP contribution in [0, 0.1) is 12.9 Å². The lowest BCUT2D eigenvalue weighted by Gasteiger charge is -2.29. The number of pyridine rings is 3. The number of ether oxygens (including phenoxy) is 1. The number of halogens is 1. The highest BCUT2D eigenvalue weighted by Gasteiger charge is 2.16. The Morgan fingerprint density at radius 3 is 2.84 bits per heavy atom. The van der Waals surface area contributed by atoms with Gasteiger partial charge in [0.2, 0.25) is 5.95 Å². The number of aromatic amines is 1. The monoisotopic (exact) mass is 432 g/mol. The van der Waals surface area contributed by atoms with Crippen LogP contribution in [0.4, 0.5) is 16.0 Å². The highest BCUT2D eigenvalue weighted by atomic mass is 19.1. The summed E-state index contributed by atoms with van der Waals surface area (Å²) in [6, 6.07) is 9.62. The van der Waals surface area contributed by atoms with Gasteiger partial charge in [-0.25, -0.2) is 15.0 Å². The Morgan fingerprint density at radius 2 is 2.00 bits per heavy atom. The molecule has 164 valence electrons. The van der Waals surface area contributed by atoms with Gasteiger partial charge in [-0.1, -0.05) is 12.1 Å². The van der Waals surface area contributed by atoms with Crippen LogP contribution in [0.5, 0.6) is 0 Å². The van der Waals surface area contributed by atoms with Crippen LogP contribution in [-0.2, 0) is 17.7 Å². The molecule has 8 heteroatoms. The SMILES string of the molecule is Cc1cnc2[nH]cc(Cc3ccc(NCc4cccnc4N4CCOCC4)nc3F)c2c1. The van der Waals surface area contributed by atoms with E-state index in [2.05, 4.69) is 36.2 Å². The van der Waals surface area contributed by atoms with Gasteiger partial charge in [0.15, 0.2) is 0 Å². The Labute approximate surface area is 185 Å². The van der Waals surface area contributed by atoms with Gasteiger partial charge in [0.05, 0.1) is 13.2 Å². The van der Waals surface area contributed by atoms with Gasteiger partial charge in [0, 0.05) is 61.2 Å². The van der Waals surface area contributed by atoms with Gasteiger partial charge in [0.25, 0.3) is 0 Å². The fourth-order valence-corrected chi connectivity index (χ4v) is 4.02. The van der Waals surface area contributed by atoms with E-state index in [0.717, 1.165) is 46.6 Å². The summed E-state index contributed by atoms with van der Waals surface area (Å²) in [5, 5.41) is 4.25. The lowest BCUT2D eigenvalue weighted by atomic mass is 10.1. The standard InChI is InChI=1S/C24H25FN6O/c1-16-11-20-19(15-29-23(20)28-13-16)12-17-4-5-21(30-22(17)25)27-14-18-3-2-6-26-24(18)31-7-9-32-10-8-31/h2-6,11,13,15H,7-10,12,14H2,1H3,(H,27,30)(H,28,29). The number of H-pyrrole nitrogens is 1. The average molecular weight is 433 g/mol. The molecule has 5 heterocycles. The number of hydrogen-bond acceptors (Lipinski definition) is 6. The highest BCUT2D eigenvalue weighted by Crippen LogP contribution is 2.23. The summed E-state index contributed by atoms with van der Waals surface area (Å²) < 4.78 is 20.2. The summed E-state index contributed by atoms with van der Waals surface area (Å²) in [7, 11) is 0. The Hall–Kier alpha value is -3.52. The topological polar surface area (TPSA) is 79.0 Å². The van der Waals surface area contributed by atoms with E-state index in [0.29, 0.717) is 37.6 Å². The van der Waals surface area contributed by atoms with Gasteiger partial charge < -0.3 is 19.9 Å². The van der Waals surface area contributed by atoms with E-state index in [9.17, 15) is 4.39 Å². The van der Waals surface area contributed by atoms with E-state index in [4.69, 9.17) is 4.74 Å². The largest absolute Gasteiger partial charge is 0.378 e. The molecule has 0 unspecified atom stereocenters. The molecular formula is C24H25FN6O. The van der Waals surface area contributed by atoms with Crippen LogP contribution in [0.25, 0.3) is 11.0 Å². The first-order valence-electron chi connectivity index (χ1n) is 10.8. The molecule has 0 aromatic carbocycles. The molecular weight excluding hydrogens is 407 g/mol. The molecule has 0 atom stereocenters. The normalized spacial score (nSPS) is 14.1. The molecule has 0 bridgehead atoms. The molecule has 4 aromatic heterocycles. The maximum atomic E-state index is 14.8. The van der Waals surface area contributed by atoms with Crippen molar-refractivity contribution in [3.05, 3.63) is 77.1 Å². The van der Waals surface area contributed by atoms with Crippen LogP contribution in [0.2, 0.25) is 0 Å². The van der Waals surface area contributed by atoms with Gasteiger partial charge >= 0.3 is 0 Å². The van der Waals surface area contributed by atoms with Crippen molar-refractivity contribution in [2.24, 2.45) is 0 Å². The van der Waals surface area contributed by atoms with E-state index in [1.54, 1.807) is 12.3 Å². The Balaban J connectivity index is 1.30. The van der Waals surface area contributed by atoms with Crippen molar-refractivity contribution in [2.45, 2.75) is 19.9 Å². The zero-order valence-electron chi connectivity index (χ0n) is 17.9. The van der Waals surface area contributed by atoms with Crippen molar-refractivity contribution < 1.29 is 9.13 Å². The molecule has 2 N–H and O–H groups in total. The number of rotatable bonds is 6. The number of fused-ring (bicyclic) bond motifs is 1. The van der Waals surface area contributed by atoms with Crippen LogP contribution in [0.1, 0.15) is 22.3 Å². The van der Waals surface area contributed by atoms with Gasteiger partial charge in [0.1, 0.15) is 17.3 Å². The Morgan fingerprint density at radius 1 is 1.12 bits per heavy atom. The fraction of sp³-hybridized carbons (Fsp3) is 0.292. The van der Waals surface area contributed by atoms with Crippen molar-refractivity contribution >= 4 is 22.7 Å². The number of aryl methyl sites for hydroxylation is 1. The number of nitrogens with one attached hydrogen (secondary N) is 2. The number of anilines is 2.